The van der Waals surface area contributed by atoms with Crippen molar-refractivity contribution in [2.45, 2.75) is 19.3 Å². The molecule has 0 atom stereocenters. The van der Waals surface area contributed by atoms with E-state index in [1.165, 1.54) is 25.5 Å². The van der Waals surface area contributed by atoms with Crippen molar-refractivity contribution in [2.24, 2.45) is 5.92 Å². The summed E-state index contributed by atoms with van der Waals surface area (Å²) in [7, 11) is 0. The molecule has 4 rings (SSSR count). The number of amides is 1. The second-order valence-corrected chi connectivity index (χ2v) is 6.60. The van der Waals surface area contributed by atoms with Gasteiger partial charge in [0.15, 0.2) is 0 Å². The van der Waals surface area contributed by atoms with Crippen LogP contribution in [0.15, 0.2) is 43.0 Å². The second-order valence-electron chi connectivity index (χ2n) is 6.17. The minimum absolute atomic E-state index is 0.279. The fourth-order valence-corrected chi connectivity index (χ4v) is 2.96. The number of hydrogen-bond acceptors (Lipinski definition) is 4. The van der Waals surface area contributed by atoms with Crippen molar-refractivity contribution in [3.63, 3.8) is 0 Å². The molecule has 0 spiro atoms. The van der Waals surface area contributed by atoms with Gasteiger partial charge in [0.25, 0.3) is 5.91 Å². The van der Waals surface area contributed by atoms with E-state index in [-0.39, 0.29) is 5.91 Å². The number of hydrogen-bond donors (Lipinski definition) is 1. The van der Waals surface area contributed by atoms with Crippen molar-refractivity contribution in [1.82, 2.24) is 14.6 Å². The maximum atomic E-state index is 12.7. The number of rotatable bonds is 5. The van der Waals surface area contributed by atoms with Gasteiger partial charge in [0.1, 0.15) is 5.75 Å². The summed E-state index contributed by atoms with van der Waals surface area (Å²) in [5, 5.41) is 7.57. The lowest BCUT2D eigenvalue weighted by atomic mass is 9.86. The van der Waals surface area contributed by atoms with E-state index in [0.717, 1.165) is 0 Å². The molecule has 1 N–H and O–H groups in total. The van der Waals surface area contributed by atoms with Gasteiger partial charge in [0.2, 0.25) is 0 Å². The van der Waals surface area contributed by atoms with E-state index >= 15 is 0 Å². The van der Waals surface area contributed by atoms with Crippen LogP contribution in [0.2, 0.25) is 5.02 Å². The Hall–Kier alpha value is -2.60. The van der Waals surface area contributed by atoms with Crippen LogP contribution in [0.5, 0.6) is 5.75 Å². The van der Waals surface area contributed by atoms with Gasteiger partial charge in [-0.3, -0.25) is 9.78 Å². The molecule has 1 aliphatic rings. The van der Waals surface area contributed by atoms with Crippen molar-refractivity contribution in [2.75, 3.05) is 11.9 Å². The molecule has 1 fully saturated rings. The molecule has 6 nitrogen and oxygen atoms in total. The fraction of sp³-hybridized carbons (Fsp3) is 0.278. The summed E-state index contributed by atoms with van der Waals surface area (Å²) >= 11 is 6.09. The predicted molar refractivity (Wildman–Crippen MR) is 95.2 cm³/mol. The number of halogens is 1. The van der Waals surface area contributed by atoms with Crippen LogP contribution in [0.3, 0.4) is 0 Å². The van der Waals surface area contributed by atoms with E-state index in [1.807, 2.05) is 0 Å². The molecule has 25 heavy (non-hydrogen) atoms. The van der Waals surface area contributed by atoms with Crippen LogP contribution in [-0.4, -0.2) is 27.1 Å². The molecule has 1 amide bonds. The summed E-state index contributed by atoms with van der Waals surface area (Å²) in [5.74, 6) is 0.947. The van der Waals surface area contributed by atoms with Gasteiger partial charge in [-0.1, -0.05) is 18.0 Å². The smallest absolute Gasteiger partial charge is 0.259 e. The highest BCUT2D eigenvalue weighted by Gasteiger charge is 2.20. The Labute approximate surface area is 149 Å². The van der Waals surface area contributed by atoms with Gasteiger partial charge in [-0.25, -0.2) is 4.52 Å². The fourth-order valence-electron chi connectivity index (χ4n) is 2.79. The largest absolute Gasteiger partial charge is 0.491 e. The molecule has 1 saturated carbocycles. The molecule has 0 unspecified atom stereocenters. The number of aromatic nitrogens is 3. The summed E-state index contributed by atoms with van der Waals surface area (Å²) in [4.78, 5) is 16.7. The molecule has 0 saturated heterocycles. The summed E-state index contributed by atoms with van der Waals surface area (Å²) in [6, 6.07) is 5.24. The van der Waals surface area contributed by atoms with E-state index in [2.05, 4.69) is 15.4 Å². The van der Waals surface area contributed by atoms with Crippen LogP contribution in [-0.2, 0) is 0 Å². The Kier molecular flexibility index (Phi) is 4.28. The summed E-state index contributed by atoms with van der Waals surface area (Å²) < 4.78 is 7.50. The summed E-state index contributed by atoms with van der Waals surface area (Å²) in [6.07, 6.45) is 10.1. The van der Waals surface area contributed by atoms with Crippen molar-refractivity contribution in [1.29, 1.82) is 0 Å². The van der Waals surface area contributed by atoms with Crippen LogP contribution in [0.4, 0.5) is 5.69 Å². The zero-order valence-electron chi connectivity index (χ0n) is 13.5. The monoisotopic (exact) mass is 356 g/mol. The van der Waals surface area contributed by atoms with Crippen LogP contribution in [0.25, 0.3) is 5.52 Å². The van der Waals surface area contributed by atoms with E-state index in [1.54, 1.807) is 41.3 Å². The summed E-state index contributed by atoms with van der Waals surface area (Å²) in [5.41, 5.74) is 1.64. The third-order valence-corrected chi connectivity index (χ3v) is 4.69. The van der Waals surface area contributed by atoms with Crippen molar-refractivity contribution in [3.05, 3.63) is 53.6 Å². The van der Waals surface area contributed by atoms with E-state index in [9.17, 15) is 4.79 Å². The Morgan fingerprint density at radius 3 is 3.04 bits per heavy atom. The van der Waals surface area contributed by atoms with Crippen molar-refractivity contribution >= 4 is 28.7 Å². The molecule has 0 bridgehead atoms. The van der Waals surface area contributed by atoms with Gasteiger partial charge in [-0.15, -0.1) is 0 Å². The Balaban J connectivity index is 1.56. The number of carbonyl (C=O) groups excluding carboxylic acids is 1. The zero-order chi connectivity index (χ0) is 17.2. The number of benzene rings is 1. The standard InChI is InChI=1S/C18H17ClN4O2/c19-13-4-5-17(25-11-12-2-1-3-12)15(8-13)22-18(24)14-9-21-23-7-6-20-10-16(14)23/h4-10,12H,1-3,11H2,(H,22,24). The van der Waals surface area contributed by atoms with Crippen molar-refractivity contribution in [3.8, 4) is 5.75 Å². The Bertz CT molecular complexity index is 920. The first-order valence-corrected chi connectivity index (χ1v) is 8.59. The first kappa shape index (κ1) is 15.9. The van der Waals surface area contributed by atoms with Gasteiger partial charge < -0.3 is 10.1 Å². The number of nitrogens with zero attached hydrogens (tertiary/aromatic N) is 3. The lowest BCUT2D eigenvalue weighted by Crippen LogP contribution is -2.20. The third kappa shape index (κ3) is 3.30. The van der Waals surface area contributed by atoms with Gasteiger partial charge in [-0.05, 0) is 37.0 Å². The Morgan fingerprint density at radius 2 is 2.24 bits per heavy atom. The zero-order valence-corrected chi connectivity index (χ0v) is 14.2. The molecule has 0 aliphatic heterocycles. The average molecular weight is 357 g/mol. The maximum Gasteiger partial charge on any atom is 0.259 e. The molecule has 2 aromatic heterocycles. The number of nitrogens with one attached hydrogen (secondary N) is 1. The Morgan fingerprint density at radius 1 is 1.36 bits per heavy atom. The summed E-state index contributed by atoms with van der Waals surface area (Å²) in [6.45, 7) is 0.658. The first-order valence-electron chi connectivity index (χ1n) is 8.22. The van der Waals surface area contributed by atoms with Crippen LogP contribution >= 0.6 is 11.6 Å². The third-order valence-electron chi connectivity index (χ3n) is 4.46. The number of anilines is 1. The molecule has 1 aliphatic carbocycles. The molecule has 3 aromatic rings. The average Bonchev–Trinajstić information content (AvgIpc) is 2.99. The normalized spacial score (nSPS) is 14.3. The molecule has 1 aromatic carbocycles. The van der Waals surface area contributed by atoms with E-state index in [0.29, 0.717) is 40.1 Å². The predicted octanol–water partition coefficient (Wildman–Crippen LogP) is 3.81. The highest BCUT2D eigenvalue weighted by molar-refractivity contribution is 6.31. The number of fused-ring (bicyclic) bond motifs is 1. The first-order chi connectivity index (χ1) is 12.2. The van der Waals surface area contributed by atoms with Crippen LogP contribution < -0.4 is 10.1 Å². The molecule has 0 radical (unpaired) electrons. The molecule has 128 valence electrons. The molecular formula is C18H17ClN4O2. The topological polar surface area (TPSA) is 68.5 Å². The molecular weight excluding hydrogens is 340 g/mol. The number of carbonyl (C=O) groups is 1. The van der Waals surface area contributed by atoms with Crippen LogP contribution in [0.1, 0.15) is 29.6 Å². The lowest BCUT2D eigenvalue weighted by molar-refractivity contribution is 0.102. The second kappa shape index (κ2) is 6.72. The molecule has 2 heterocycles. The minimum Gasteiger partial charge on any atom is -0.491 e. The van der Waals surface area contributed by atoms with E-state index < -0.39 is 0 Å². The SMILES string of the molecule is O=C(Nc1cc(Cl)ccc1OCC1CCC1)c1cnn2ccncc12. The van der Waals surface area contributed by atoms with Gasteiger partial charge in [-0.2, -0.15) is 5.10 Å². The van der Waals surface area contributed by atoms with Crippen molar-refractivity contribution < 1.29 is 9.53 Å². The maximum absolute atomic E-state index is 12.7. The van der Waals surface area contributed by atoms with Gasteiger partial charge in [0.05, 0.1) is 35.8 Å². The van der Waals surface area contributed by atoms with Gasteiger partial charge in [0, 0.05) is 17.4 Å². The lowest BCUT2D eigenvalue weighted by Gasteiger charge is -2.25. The number of ether oxygens (including phenoxy) is 1. The molecule has 7 heteroatoms. The van der Waals surface area contributed by atoms with Gasteiger partial charge >= 0.3 is 0 Å². The van der Waals surface area contributed by atoms with Crippen LogP contribution in [0, 0.1) is 5.92 Å². The van der Waals surface area contributed by atoms with E-state index in [4.69, 9.17) is 16.3 Å². The minimum atomic E-state index is -0.279. The quantitative estimate of drug-likeness (QED) is 0.754. The highest BCUT2D eigenvalue weighted by Crippen LogP contribution is 2.32. The highest BCUT2D eigenvalue weighted by atomic mass is 35.5.